The van der Waals surface area contributed by atoms with Gasteiger partial charge in [0.05, 0.1) is 21.1 Å². The zero-order valence-corrected chi connectivity index (χ0v) is 12.6. The molecular weight excluding hydrogens is 311 g/mol. The molecule has 1 atom stereocenters. The number of hydrogen-bond donors (Lipinski definition) is 2. The van der Waals surface area contributed by atoms with Crippen LogP contribution in [-0.4, -0.2) is 0 Å². The summed E-state index contributed by atoms with van der Waals surface area (Å²) in [4.78, 5) is 0.968. The standard InChI is InChI=1S/C12H11Cl3N2S/c1-6-5-18-12(10(6)15)11(17-16)7-2-3-8(13)9(14)4-7/h2-5,11,17H,16H2,1H3. The van der Waals surface area contributed by atoms with Gasteiger partial charge in [-0.2, -0.15) is 0 Å². The summed E-state index contributed by atoms with van der Waals surface area (Å²) < 4.78 is 0. The van der Waals surface area contributed by atoms with Gasteiger partial charge in [0, 0.05) is 4.88 Å². The van der Waals surface area contributed by atoms with Crippen LogP contribution in [0.1, 0.15) is 22.0 Å². The average molecular weight is 322 g/mol. The predicted molar refractivity (Wildman–Crippen MR) is 79.7 cm³/mol. The summed E-state index contributed by atoms with van der Waals surface area (Å²) in [6.45, 7) is 1.96. The highest BCUT2D eigenvalue weighted by Crippen LogP contribution is 2.36. The number of hydrogen-bond acceptors (Lipinski definition) is 3. The topological polar surface area (TPSA) is 38.0 Å². The lowest BCUT2D eigenvalue weighted by molar-refractivity contribution is 0.646. The third-order valence-electron chi connectivity index (χ3n) is 2.63. The van der Waals surface area contributed by atoms with Crippen LogP contribution in [0, 0.1) is 6.92 Å². The normalized spacial score (nSPS) is 12.7. The van der Waals surface area contributed by atoms with Crippen molar-refractivity contribution in [3.05, 3.63) is 54.7 Å². The van der Waals surface area contributed by atoms with Gasteiger partial charge < -0.3 is 0 Å². The van der Waals surface area contributed by atoms with E-state index in [2.05, 4.69) is 5.43 Å². The van der Waals surface area contributed by atoms with Gasteiger partial charge in [0.1, 0.15) is 0 Å². The minimum Gasteiger partial charge on any atom is -0.271 e. The largest absolute Gasteiger partial charge is 0.271 e. The second-order valence-electron chi connectivity index (χ2n) is 3.87. The lowest BCUT2D eigenvalue weighted by Gasteiger charge is -2.16. The van der Waals surface area contributed by atoms with Crippen molar-refractivity contribution >= 4 is 46.1 Å². The first-order valence-corrected chi connectivity index (χ1v) is 7.20. The number of nitrogens with two attached hydrogens (primary N) is 1. The van der Waals surface area contributed by atoms with E-state index in [0.29, 0.717) is 10.0 Å². The molecule has 1 heterocycles. The molecule has 2 nitrogen and oxygen atoms in total. The van der Waals surface area contributed by atoms with Gasteiger partial charge in [0.25, 0.3) is 0 Å². The van der Waals surface area contributed by atoms with Crippen LogP contribution in [0.3, 0.4) is 0 Å². The van der Waals surface area contributed by atoms with E-state index >= 15 is 0 Å². The number of thiophene rings is 1. The highest BCUT2D eigenvalue weighted by atomic mass is 35.5. The van der Waals surface area contributed by atoms with E-state index in [0.717, 1.165) is 21.0 Å². The van der Waals surface area contributed by atoms with E-state index in [4.69, 9.17) is 40.6 Å². The molecule has 6 heteroatoms. The van der Waals surface area contributed by atoms with Crippen molar-refractivity contribution < 1.29 is 0 Å². The van der Waals surface area contributed by atoms with Crippen molar-refractivity contribution in [2.45, 2.75) is 13.0 Å². The summed E-state index contributed by atoms with van der Waals surface area (Å²) in [7, 11) is 0. The molecule has 2 rings (SSSR count). The zero-order valence-electron chi connectivity index (χ0n) is 9.51. The number of hydrazine groups is 1. The van der Waals surface area contributed by atoms with Crippen LogP contribution in [0.15, 0.2) is 23.6 Å². The summed E-state index contributed by atoms with van der Waals surface area (Å²) in [6, 6.07) is 5.23. The quantitative estimate of drug-likeness (QED) is 0.642. The van der Waals surface area contributed by atoms with Crippen LogP contribution in [0.5, 0.6) is 0 Å². The SMILES string of the molecule is Cc1csc(C(NN)c2ccc(Cl)c(Cl)c2)c1Cl. The fourth-order valence-corrected chi connectivity index (χ4v) is 3.35. The van der Waals surface area contributed by atoms with Crippen molar-refractivity contribution in [1.82, 2.24) is 5.43 Å². The monoisotopic (exact) mass is 320 g/mol. The Labute approximate surface area is 125 Å². The highest BCUT2D eigenvalue weighted by molar-refractivity contribution is 7.10. The number of aryl methyl sites for hydroxylation is 1. The Balaban J connectivity index is 2.45. The third kappa shape index (κ3) is 2.67. The molecule has 96 valence electrons. The second kappa shape index (κ2) is 5.78. The molecule has 0 bridgehead atoms. The Kier molecular flexibility index (Phi) is 4.54. The minimum atomic E-state index is -0.189. The average Bonchev–Trinajstić information content (AvgIpc) is 2.67. The smallest absolute Gasteiger partial charge is 0.0818 e. The first kappa shape index (κ1) is 14.1. The Morgan fingerprint density at radius 2 is 1.94 bits per heavy atom. The summed E-state index contributed by atoms with van der Waals surface area (Å²) in [5.74, 6) is 5.63. The maximum Gasteiger partial charge on any atom is 0.0818 e. The van der Waals surface area contributed by atoms with Crippen LogP contribution in [-0.2, 0) is 0 Å². The zero-order chi connectivity index (χ0) is 13.3. The molecule has 0 aliphatic carbocycles. The molecular formula is C12H11Cl3N2S. The molecule has 2 aromatic rings. The van der Waals surface area contributed by atoms with Gasteiger partial charge >= 0.3 is 0 Å². The van der Waals surface area contributed by atoms with Crippen LogP contribution >= 0.6 is 46.1 Å². The molecule has 0 aliphatic rings. The molecule has 3 N–H and O–H groups in total. The van der Waals surface area contributed by atoms with Crippen LogP contribution in [0.4, 0.5) is 0 Å². The molecule has 0 aliphatic heterocycles. The predicted octanol–water partition coefficient (Wildman–Crippen LogP) is 4.57. The molecule has 0 radical (unpaired) electrons. The van der Waals surface area contributed by atoms with Crippen LogP contribution in [0.25, 0.3) is 0 Å². The molecule has 0 amide bonds. The number of rotatable bonds is 3. The molecule has 1 unspecified atom stereocenters. The van der Waals surface area contributed by atoms with Crippen LogP contribution < -0.4 is 11.3 Å². The summed E-state index contributed by atoms with van der Waals surface area (Å²) in [5.41, 5.74) is 4.73. The van der Waals surface area contributed by atoms with Gasteiger partial charge in [-0.1, -0.05) is 40.9 Å². The molecule has 0 saturated heterocycles. The van der Waals surface area contributed by atoms with E-state index in [-0.39, 0.29) is 6.04 Å². The minimum absolute atomic E-state index is 0.189. The Bertz CT molecular complexity index is 568. The van der Waals surface area contributed by atoms with E-state index in [9.17, 15) is 0 Å². The molecule has 1 aromatic carbocycles. The van der Waals surface area contributed by atoms with E-state index in [1.165, 1.54) is 0 Å². The number of nitrogens with one attached hydrogen (secondary N) is 1. The molecule has 0 saturated carbocycles. The maximum atomic E-state index is 6.26. The van der Waals surface area contributed by atoms with Gasteiger partial charge in [-0.05, 0) is 35.6 Å². The highest BCUT2D eigenvalue weighted by Gasteiger charge is 2.19. The van der Waals surface area contributed by atoms with Crippen LogP contribution in [0.2, 0.25) is 15.1 Å². The summed E-state index contributed by atoms with van der Waals surface area (Å²) >= 11 is 19.7. The maximum absolute atomic E-state index is 6.26. The van der Waals surface area contributed by atoms with E-state index in [1.54, 1.807) is 23.5 Å². The Morgan fingerprint density at radius 1 is 1.22 bits per heavy atom. The number of halogens is 3. The van der Waals surface area contributed by atoms with Gasteiger partial charge in [0.2, 0.25) is 0 Å². The van der Waals surface area contributed by atoms with E-state index in [1.807, 2.05) is 18.4 Å². The van der Waals surface area contributed by atoms with Gasteiger partial charge in [-0.3, -0.25) is 5.84 Å². The molecule has 18 heavy (non-hydrogen) atoms. The van der Waals surface area contributed by atoms with Crippen molar-refractivity contribution in [1.29, 1.82) is 0 Å². The van der Waals surface area contributed by atoms with Gasteiger partial charge in [0.15, 0.2) is 0 Å². The molecule has 0 spiro atoms. The van der Waals surface area contributed by atoms with Crippen molar-refractivity contribution in [2.75, 3.05) is 0 Å². The lowest BCUT2D eigenvalue weighted by atomic mass is 10.1. The Morgan fingerprint density at radius 3 is 2.44 bits per heavy atom. The first-order valence-electron chi connectivity index (χ1n) is 5.19. The third-order valence-corrected chi connectivity index (χ3v) is 5.15. The van der Waals surface area contributed by atoms with Gasteiger partial charge in [-0.15, -0.1) is 11.3 Å². The fourth-order valence-electron chi connectivity index (χ4n) is 1.66. The van der Waals surface area contributed by atoms with Crippen molar-refractivity contribution in [3.8, 4) is 0 Å². The van der Waals surface area contributed by atoms with Crippen molar-refractivity contribution in [2.24, 2.45) is 5.84 Å². The summed E-state index contributed by atoms with van der Waals surface area (Å²) in [6.07, 6.45) is 0. The second-order valence-corrected chi connectivity index (χ2v) is 5.97. The van der Waals surface area contributed by atoms with Crippen molar-refractivity contribution in [3.63, 3.8) is 0 Å². The lowest BCUT2D eigenvalue weighted by Crippen LogP contribution is -2.28. The van der Waals surface area contributed by atoms with Gasteiger partial charge in [-0.25, -0.2) is 5.43 Å². The fraction of sp³-hybridized carbons (Fsp3) is 0.167. The molecule has 1 aromatic heterocycles. The summed E-state index contributed by atoms with van der Waals surface area (Å²) in [5, 5.41) is 3.75. The Hall–Kier alpha value is -0.290. The van der Waals surface area contributed by atoms with E-state index < -0.39 is 0 Å². The first-order chi connectivity index (χ1) is 8.54. The number of benzene rings is 1. The molecule has 0 fully saturated rings.